The van der Waals surface area contributed by atoms with Gasteiger partial charge in [-0.1, -0.05) is 5.11 Å². The Hall–Kier alpha value is -1.94. The second-order valence-corrected chi connectivity index (χ2v) is 3.60. The predicted molar refractivity (Wildman–Crippen MR) is 52.2 cm³/mol. The van der Waals surface area contributed by atoms with Gasteiger partial charge in [0.1, 0.15) is 0 Å². The molecule has 20 heavy (non-hydrogen) atoms. The summed E-state index contributed by atoms with van der Waals surface area (Å²) in [5.74, 6) is -1.63. The Bertz CT molecular complexity index is 500. The zero-order valence-electron chi connectivity index (χ0n) is 9.52. The van der Waals surface area contributed by atoms with Crippen LogP contribution < -0.4 is 0 Å². The summed E-state index contributed by atoms with van der Waals surface area (Å²) in [5.41, 5.74) is 2.91. The van der Waals surface area contributed by atoms with Gasteiger partial charge < -0.3 is 9.67 Å². The average molecular weight is 303 g/mol. The molecule has 1 heterocycles. The Morgan fingerprint density at radius 3 is 2.25 bits per heavy atom. The van der Waals surface area contributed by atoms with Gasteiger partial charge in [0.25, 0.3) is 0 Å². The van der Waals surface area contributed by atoms with Gasteiger partial charge in [-0.25, -0.2) is 4.98 Å². The van der Waals surface area contributed by atoms with Crippen molar-refractivity contribution in [2.24, 2.45) is 5.11 Å². The Morgan fingerprint density at radius 2 is 1.80 bits per heavy atom. The van der Waals surface area contributed by atoms with E-state index in [0.717, 1.165) is 6.20 Å². The Labute approximate surface area is 107 Å². The van der Waals surface area contributed by atoms with E-state index < -0.39 is 36.9 Å². The second-order valence-electron chi connectivity index (χ2n) is 3.60. The lowest BCUT2D eigenvalue weighted by Gasteiger charge is -2.31. The topological polar surface area (TPSA) is 86.8 Å². The van der Waals surface area contributed by atoms with Crippen molar-refractivity contribution in [1.82, 2.24) is 9.55 Å². The highest BCUT2D eigenvalue weighted by Crippen LogP contribution is 2.49. The Morgan fingerprint density at radius 1 is 1.25 bits per heavy atom. The van der Waals surface area contributed by atoms with Crippen LogP contribution in [0.2, 0.25) is 0 Å². The van der Waals surface area contributed by atoms with Crippen LogP contribution in [0.4, 0.5) is 26.3 Å². The average Bonchev–Trinajstić information content (AvgIpc) is 2.73. The first-order valence-electron chi connectivity index (χ1n) is 4.94. The van der Waals surface area contributed by atoms with E-state index in [-0.39, 0.29) is 0 Å². The van der Waals surface area contributed by atoms with Crippen molar-refractivity contribution < 1.29 is 31.4 Å². The number of aromatic nitrogens is 2. The minimum atomic E-state index is -6.01. The summed E-state index contributed by atoms with van der Waals surface area (Å²) in [6, 6.07) is 0. The molecule has 0 spiro atoms. The van der Waals surface area contributed by atoms with Gasteiger partial charge in [0.15, 0.2) is 5.82 Å². The molecule has 1 aromatic heterocycles. The SMILES string of the molecule is [N-]=[N+]=NCCn1ccnc1C(O)(C(F)(F)F)C(F)(F)F. The quantitative estimate of drug-likeness (QED) is 0.401. The van der Waals surface area contributed by atoms with Crippen molar-refractivity contribution in [2.75, 3.05) is 6.54 Å². The van der Waals surface area contributed by atoms with Crippen molar-refractivity contribution in [1.29, 1.82) is 0 Å². The standard InChI is InChI=1S/C8H7F6N5O/c9-7(10,11)6(20,8(12,13)14)5-16-1-3-19(5)4-2-17-18-15/h1,3,20H,2,4H2. The predicted octanol–water partition coefficient (Wildman–Crippen LogP) is 2.51. The van der Waals surface area contributed by atoms with Crippen LogP contribution >= 0.6 is 0 Å². The molecule has 6 nitrogen and oxygen atoms in total. The van der Waals surface area contributed by atoms with Gasteiger partial charge in [-0.15, -0.1) is 0 Å². The molecule has 12 heteroatoms. The van der Waals surface area contributed by atoms with Crippen LogP contribution in [0.5, 0.6) is 0 Å². The summed E-state index contributed by atoms with van der Waals surface area (Å²) >= 11 is 0. The molecule has 1 rings (SSSR count). The summed E-state index contributed by atoms with van der Waals surface area (Å²) in [6.07, 6.45) is -10.5. The molecule has 0 radical (unpaired) electrons. The first-order valence-corrected chi connectivity index (χ1v) is 4.94. The normalized spacial score (nSPS) is 13.2. The largest absolute Gasteiger partial charge is 0.433 e. The molecule has 0 saturated heterocycles. The third kappa shape index (κ3) is 2.65. The van der Waals surface area contributed by atoms with E-state index in [1.807, 2.05) is 0 Å². The number of aliphatic hydroxyl groups is 1. The molecule has 0 atom stereocenters. The fourth-order valence-electron chi connectivity index (χ4n) is 1.42. The van der Waals surface area contributed by atoms with Gasteiger partial charge in [-0.2, -0.15) is 26.3 Å². The Kier molecular flexibility index (Phi) is 4.20. The molecule has 0 amide bonds. The highest BCUT2D eigenvalue weighted by Gasteiger charge is 2.73. The molecule has 1 N–H and O–H groups in total. The molecule has 0 aliphatic carbocycles. The van der Waals surface area contributed by atoms with Crippen LogP contribution in [0.15, 0.2) is 17.5 Å². The van der Waals surface area contributed by atoms with Gasteiger partial charge in [0.05, 0.1) is 0 Å². The molecule has 0 unspecified atom stereocenters. The van der Waals surface area contributed by atoms with Gasteiger partial charge in [0.2, 0.25) is 0 Å². The van der Waals surface area contributed by atoms with Crippen LogP contribution in [0.1, 0.15) is 5.82 Å². The van der Waals surface area contributed by atoms with Crippen LogP contribution in [0, 0.1) is 0 Å². The third-order valence-electron chi connectivity index (χ3n) is 2.36. The van der Waals surface area contributed by atoms with Gasteiger partial charge in [0, 0.05) is 30.4 Å². The second kappa shape index (κ2) is 5.21. The van der Waals surface area contributed by atoms with E-state index in [0.29, 0.717) is 10.8 Å². The highest BCUT2D eigenvalue weighted by molar-refractivity contribution is 5.12. The number of alkyl halides is 6. The smallest absolute Gasteiger partial charge is 0.367 e. The van der Waals surface area contributed by atoms with E-state index in [2.05, 4.69) is 15.0 Å². The molecule has 0 aliphatic heterocycles. The minimum absolute atomic E-state index is 0.397. The molecule has 1 aromatic rings. The van der Waals surface area contributed by atoms with E-state index in [9.17, 15) is 26.3 Å². The van der Waals surface area contributed by atoms with Gasteiger partial charge >= 0.3 is 18.0 Å². The Balaban J connectivity index is 3.31. The maximum absolute atomic E-state index is 12.6. The van der Waals surface area contributed by atoms with Gasteiger partial charge in [-0.3, -0.25) is 0 Å². The van der Waals surface area contributed by atoms with Gasteiger partial charge in [-0.05, 0) is 5.53 Å². The summed E-state index contributed by atoms with van der Waals surface area (Å²) in [4.78, 5) is 5.25. The summed E-state index contributed by atoms with van der Waals surface area (Å²) < 4.78 is 76.2. The van der Waals surface area contributed by atoms with Crippen molar-refractivity contribution in [3.05, 3.63) is 28.7 Å². The number of halogens is 6. The van der Waals surface area contributed by atoms with E-state index in [1.54, 1.807) is 0 Å². The molecule has 0 aromatic carbocycles. The molecule has 0 fully saturated rings. The summed E-state index contributed by atoms with van der Waals surface area (Å²) in [6.45, 7) is -0.889. The molecule has 0 saturated carbocycles. The summed E-state index contributed by atoms with van der Waals surface area (Å²) in [5, 5.41) is 12.1. The van der Waals surface area contributed by atoms with Crippen molar-refractivity contribution in [2.45, 2.75) is 24.5 Å². The van der Waals surface area contributed by atoms with Crippen molar-refractivity contribution in [3.63, 3.8) is 0 Å². The number of nitrogens with zero attached hydrogens (tertiary/aromatic N) is 5. The molecule has 112 valence electrons. The maximum atomic E-state index is 12.6. The number of hydrogen-bond donors (Lipinski definition) is 1. The lowest BCUT2D eigenvalue weighted by Crippen LogP contribution is -2.55. The first kappa shape index (κ1) is 16.1. The van der Waals surface area contributed by atoms with Crippen molar-refractivity contribution >= 4 is 0 Å². The number of rotatable bonds is 4. The molecule has 0 aliphatic rings. The first-order chi connectivity index (χ1) is 9.05. The van der Waals surface area contributed by atoms with Crippen LogP contribution in [0.3, 0.4) is 0 Å². The summed E-state index contributed by atoms with van der Waals surface area (Å²) in [7, 11) is 0. The third-order valence-corrected chi connectivity index (χ3v) is 2.36. The number of imidazole rings is 1. The van der Waals surface area contributed by atoms with E-state index in [4.69, 9.17) is 10.6 Å². The van der Waals surface area contributed by atoms with Crippen LogP contribution in [-0.2, 0) is 12.1 Å². The monoisotopic (exact) mass is 303 g/mol. The fraction of sp³-hybridized carbons (Fsp3) is 0.625. The fourth-order valence-corrected chi connectivity index (χ4v) is 1.42. The van der Waals surface area contributed by atoms with E-state index >= 15 is 0 Å². The number of hydrogen-bond acceptors (Lipinski definition) is 3. The van der Waals surface area contributed by atoms with Crippen molar-refractivity contribution in [3.8, 4) is 0 Å². The molecular weight excluding hydrogens is 296 g/mol. The highest BCUT2D eigenvalue weighted by atomic mass is 19.4. The zero-order valence-corrected chi connectivity index (χ0v) is 9.52. The lowest BCUT2D eigenvalue weighted by atomic mass is 10.0. The molecule has 0 bridgehead atoms. The number of azide groups is 1. The van der Waals surface area contributed by atoms with Crippen LogP contribution in [0.25, 0.3) is 10.4 Å². The van der Waals surface area contributed by atoms with Crippen LogP contribution in [-0.4, -0.2) is 33.6 Å². The molecular formula is C8H7F6N5O. The van der Waals surface area contributed by atoms with E-state index in [1.165, 1.54) is 0 Å². The minimum Gasteiger partial charge on any atom is -0.367 e. The zero-order chi connectivity index (χ0) is 15.6. The maximum Gasteiger partial charge on any atom is 0.433 e. The lowest BCUT2D eigenvalue weighted by molar-refractivity contribution is -0.379.